The van der Waals surface area contributed by atoms with E-state index in [0.29, 0.717) is 0 Å². The van der Waals surface area contributed by atoms with Gasteiger partial charge in [0.25, 0.3) is 0 Å². The largest absolute Gasteiger partial charge is 0.544 e. The van der Waals surface area contributed by atoms with Crippen LogP contribution in [0.5, 0.6) is 0 Å². The monoisotopic (exact) mass is 303 g/mol. The third kappa shape index (κ3) is 7.45. The van der Waals surface area contributed by atoms with Gasteiger partial charge in [0.1, 0.15) is 19.2 Å². The number of ether oxygens (including phenoxy) is 1. The molecule has 0 aliphatic rings. The van der Waals surface area contributed by atoms with Gasteiger partial charge in [-0.25, -0.2) is 0 Å². The van der Waals surface area contributed by atoms with Crippen molar-refractivity contribution in [3.05, 3.63) is 12.3 Å². The normalized spacial score (nSPS) is 13.5. The third-order valence-electron chi connectivity index (χ3n) is 3.80. The topological polar surface area (TPSA) is 89.8 Å². The number of carboxylic acid groups (broad SMARTS) is 1. The lowest BCUT2D eigenvalue weighted by Gasteiger charge is -2.39. The van der Waals surface area contributed by atoms with Crippen molar-refractivity contribution < 1.29 is 29.3 Å². The number of allylic oxidation sites excluding steroid dienone is 1. The van der Waals surface area contributed by atoms with Crippen molar-refractivity contribution >= 4 is 5.97 Å². The molecule has 0 spiro atoms. The van der Waals surface area contributed by atoms with Gasteiger partial charge >= 0.3 is 0 Å². The lowest BCUT2D eigenvalue weighted by molar-refractivity contribution is -0.975. The first kappa shape index (κ1) is 19.9. The first-order chi connectivity index (χ1) is 10.0. The van der Waals surface area contributed by atoms with Crippen molar-refractivity contribution in [2.75, 3.05) is 26.6 Å². The smallest absolute Gasteiger partial charge is 0.182 e. The molecule has 2 N–H and O–H groups in total. The van der Waals surface area contributed by atoms with E-state index in [4.69, 9.17) is 4.74 Å². The summed E-state index contributed by atoms with van der Waals surface area (Å²) in [5.74, 6) is -1.30. The van der Waals surface area contributed by atoms with E-state index in [0.717, 1.165) is 12.8 Å². The van der Waals surface area contributed by atoms with Gasteiger partial charge in [-0.1, -0.05) is 26.2 Å². The summed E-state index contributed by atoms with van der Waals surface area (Å²) in [6, 6.07) is -0.998. The number of carbonyl (C=O) groups excluding carboxylic acids is 1. The maximum Gasteiger partial charge on any atom is 0.182 e. The first-order valence-electron chi connectivity index (χ1n) is 7.59. The number of quaternary nitrogens is 1. The van der Waals surface area contributed by atoms with Crippen LogP contribution in [0.1, 0.15) is 46.0 Å². The molecule has 0 amide bonds. The molecule has 0 aliphatic heterocycles. The molecule has 0 aromatic heterocycles. The molecule has 6 nitrogen and oxygen atoms in total. The van der Waals surface area contributed by atoms with E-state index >= 15 is 0 Å². The van der Waals surface area contributed by atoms with Gasteiger partial charge in [-0.05, 0) is 25.8 Å². The number of hydrogen-bond acceptors (Lipinski definition) is 5. The van der Waals surface area contributed by atoms with E-state index in [1.54, 1.807) is 6.26 Å². The average molecular weight is 303 g/mol. The summed E-state index contributed by atoms with van der Waals surface area (Å²) in [7, 11) is 0. The SMILES string of the molecule is CCCCCC/C=C/OCC[N+](CO)(CO)C(C)C(=O)[O-]. The Hall–Kier alpha value is -1.11. The Morgan fingerprint density at radius 1 is 1.29 bits per heavy atom. The van der Waals surface area contributed by atoms with E-state index in [9.17, 15) is 20.1 Å². The highest BCUT2D eigenvalue weighted by molar-refractivity contribution is 5.69. The number of unbranched alkanes of at least 4 members (excludes halogenated alkanes) is 4. The summed E-state index contributed by atoms with van der Waals surface area (Å²) in [6.45, 7) is 3.04. The minimum Gasteiger partial charge on any atom is -0.544 e. The van der Waals surface area contributed by atoms with Gasteiger partial charge in [-0.3, -0.25) is 4.48 Å². The fraction of sp³-hybridized carbons (Fsp3) is 0.800. The molecule has 124 valence electrons. The van der Waals surface area contributed by atoms with Crippen molar-refractivity contribution in [1.82, 2.24) is 0 Å². The van der Waals surface area contributed by atoms with Crippen LogP contribution >= 0.6 is 0 Å². The Kier molecular flexibility index (Phi) is 10.9. The average Bonchev–Trinajstić information content (AvgIpc) is 2.49. The van der Waals surface area contributed by atoms with E-state index < -0.39 is 25.5 Å². The predicted octanol–water partition coefficient (Wildman–Crippen LogP) is 0.342. The summed E-state index contributed by atoms with van der Waals surface area (Å²) in [5, 5.41) is 29.7. The van der Waals surface area contributed by atoms with Crippen molar-refractivity contribution in [1.29, 1.82) is 0 Å². The number of nitrogens with zero attached hydrogens (tertiary/aromatic N) is 1. The zero-order valence-electron chi connectivity index (χ0n) is 13.2. The van der Waals surface area contributed by atoms with E-state index in [-0.39, 0.29) is 17.6 Å². The van der Waals surface area contributed by atoms with Crippen LogP contribution in [0.3, 0.4) is 0 Å². The minimum absolute atomic E-state index is 0.197. The van der Waals surface area contributed by atoms with Crippen LogP contribution < -0.4 is 5.11 Å². The van der Waals surface area contributed by atoms with Gasteiger partial charge in [0.05, 0.1) is 12.2 Å². The van der Waals surface area contributed by atoms with Crippen molar-refractivity contribution in [3.63, 3.8) is 0 Å². The standard InChI is InChI=1S/C15H29NO5/c1-3-4-5-6-7-8-10-21-11-9-16(12-17,13-18)14(2)15(19)20/h8,10,14,17-18H,3-7,9,11-13H2,1-2H3/b10-8+. The molecule has 21 heavy (non-hydrogen) atoms. The molecule has 1 unspecified atom stereocenters. The van der Waals surface area contributed by atoms with Gasteiger partial charge in [-0.2, -0.15) is 0 Å². The van der Waals surface area contributed by atoms with Gasteiger partial charge in [-0.15, -0.1) is 0 Å². The molecule has 0 radical (unpaired) electrons. The number of aliphatic carboxylic acids is 1. The molecule has 0 rings (SSSR count). The highest BCUT2D eigenvalue weighted by atomic mass is 16.5. The van der Waals surface area contributed by atoms with Crippen LogP contribution in [0.4, 0.5) is 0 Å². The molecule has 0 fully saturated rings. The second kappa shape index (κ2) is 11.5. The number of carbonyl (C=O) groups is 1. The number of aliphatic hydroxyl groups excluding tert-OH is 2. The van der Waals surface area contributed by atoms with E-state index in [2.05, 4.69) is 6.92 Å². The molecule has 6 heteroatoms. The summed E-state index contributed by atoms with van der Waals surface area (Å²) < 4.78 is 4.92. The van der Waals surface area contributed by atoms with Gasteiger partial charge in [0.2, 0.25) is 0 Å². The Balaban J connectivity index is 4.05. The molecule has 0 saturated carbocycles. The molecule has 0 saturated heterocycles. The number of rotatable bonds is 13. The van der Waals surface area contributed by atoms with E-state index in [1.165, 1.54) is 26.2 Å². The van der Waals surface area contributed by atoms with E-state index in [1.807, 2.05) is 6.08 Å². The summed E-state index contributed by atoms with van der Waals surface area (Å²) in [5.41, 5.74) is 0. The number of carboxylic acids is 1. The maximum absolute atomic E-state index is 10.9. The second-order valence-corrected chi connectivity index (χ2v) is 5.31. The van der Waals surface area contributed by atoms with Crippen LogP contribution in [-0.2, 0) is 9.53 Å². The Bertz CT molecular complexity index is 302. The number of aliphatic hydroxyl groups is 2. The summed E-state index contributed by atoms with van der Waals surface area (Å²) in [4.78, 5) is 10.9. The fourth-order valence-electron chi connectivity index (χ4n) is 1.98. The highest BCUT2D eigenvalue weighted by Crippen LogP contribution is 2.11. The molecular weight excluding hydrogens is 274 g/mol. The molecule has 0 aliphatic carbocycles. The molecule has 0 heterocycles. The number of hydrogen-bond donors (Lipinski definition) is 2. The molecule has 0 aromatic carbocycles. The summed E-state index contributed by atoms with van der Waals surface area (Å²) >= 11 is 0. The quantitative estimate of drug-likeness (QED) is 0.222. The van der Waals surface area contributed by atoms with Crippen LogP contribution in [-0.4, -0.2) is 53.3 Å². The molecule has 0 aromatic rings. The first-order valence-corrected chi connectivity index (χ1v) is 7.59. The predicted molar refractivity (Wildman–Crippen MR) is 77.6 cm³/mol. The Morgan fingerprint density at radius 3 is 2.48 bits per heavy atom. The Labute approximate surface area is 127 Å². The fourth-order valence-corrected chi connectivity index (χ4v) is 1.98. The second-order valence-electron chi connectivity index (χ2n) is 5.31. The van der Waals surface area contributed by atoms with Crippen molar-refractivity contribution in [2.45, 2.75) is 52.0 Å². The van der Waals surface area contributed by atoms with Crippen molar-refractivity contribution in [3.8, 4) is 0 Å². The molecule has 1 atom stereocenters. The molecular formula is C15H29NO5. The zero-order valence-corrected chi connectivity index (χ0v) is 13.2. The van der Waals surface area contributed by atoms with Crippen LogP contribution in [0, 0.1) is 0 Å². The maximum atomic E-state index is 10.9. The van der Waals surface area contributed by atoms with Crippen LogP contribution in [0.25, 0.3) is 0 Å². The van der Waals surface area contributed by atoms with Crippen LogP contribution in [0.2, 0.25) is 0 Å². The lowest BCUT2D eigenvalue weighted by atomic mass is 10.1. The van der Waals surface area contributed by atoms with Gasteiger partial charge < -0.3 is 24.9 Å². The highest BCUT2D eigenvalue weighted by Gasteiger charge is 2.33. The van der Waals surface area contributed by atoms with Crippen LogP contribution in [0.15, 0.2) is 12.3 Å². The zero-order chi connectivity index (χ0) is 16.1. The van der Waals surface area contributed by atoms with Gasteiger partial charge in [0.15, 0.2) is 13.5 Å². The lowest BCUT2D eigenvalue weighted by Crippen LogP contribution is -2.62. The third-order valence-corrected chi connectivity index (χ3v) is 3.80. The Morgan fingerprint density at radius 2 is 1.95 bits per heavy atom. The molecule has 0 bridgehead atoms. The van der Waals surface area contributed by atoms with Gasteiger partial charge in [0, 0.05) is 0 Å². The summed E-state index contributed by atoms with van der Waals surface area (Å²) in [6.07, 6.45) is 9.27. The minimum atomic E-state index is -1.30. The van der Waals surface area contributed by atoms with Crippen molar-refractivity contribution in [2.24, 2.45) is 0 Å².